The number of anilines is 1. The number of nitrogens with one attached hydrogen (secondary N) is 1. The summed E-state index contributed by atoms with van der Waals surface area (Å²) in [5, 5.41) is 2.25. The first-order chi connectivity index (χ1) is 8.62. The lowest BCUT2D eigenvalue weighted by molar-refractivity contribution is -0.276. The van der Waals surface area contributed by atoms with Crippen LogP contribution in [0.1, 0.15) is 5.69 Å². The van der Waals surface area contributed by atoms with Crippen molar-refractivity contribution in [2.45, 2.75) is 12.5 Å². The molecule has 1 aromatic heterocycles. The molecular formula is C9H7F6N3O. The molecule has 106 valence electrons. The quantitative estimate of drug-likeness (QED) is 0.683. The van der Waals surface area contributed by atoms with Crippen molar-refractivity contribution in [1.29, 1.82) is 0 Å². The molecular weight excluding hydrogens is 280 g/mol. The number of hydrogen-bond donors (Lipinski definition) is 1. The summed E-state index contributed by atoms with van der Waals surface area (Å²) in [6.45, 7) is 3.26. The van der Waals surface area contributed by atoms with Crippen molar-refractivity contribution in [2.24, 2.45) is 0 Å². The zero-order valence-electron chi connectivity index (χ0n) is 9.14. The third-order valence-corrected chi connectivity index (χ3v) is 1.62. The fourth-order valence-electron chi connectivity index (χ4n) is 0.984. The number of ether oxygens (including phenoxy) is 1. The number of nitrogens with zero attached hydrogens (tertiary/aromatic N) is 2. The number of hydrogen-bond acceptors (Lipinski definition) is 4. The molecule has 0 bridgehead atoms. The lowest BCUT2D eigenvalue weighted by atomic mass is 10.4. The van der Waals surface area contributed by atoms with Gasteiger partial charge in [-0.3, -0.25) is 0 Å². The van der Waals surface area contributed by atoms with Gasteiger partial charge in [0.05, 0.1) is 0 Å². The fourth-order valence-corrected chi connectivity index (χ4v) is 0.984. The Morgan fingerprint density at radius 1 is 1.21 bits per heavy atom. The van der Waals surface area contributed by atoms with E-state index in [0.717, 1.165) is 0 Å². The Morgan fingerprint density at radius 3 is 2.32 bits per heavy atom. The molecule has 0 aliphatic heterocycles. The summed E-state index contributed by atoms with van der Waals surface area (Å²) in [6.07, 6.45) is -8.79. The molecule has 1 aromatic rings. The molecule has 0 fully saturated rings. The number of aromatic nitrogens is 2. The average molecular weight is 287 g/mol. The standard InChI is InChI=1S/C9H7F6N3O/c1-2-3-16-7-17-5(8(10,11)12)4-6(18-7)19-9(13,14)15/h2,4H,1,3H2,(H,16,17,18). The van der Waals surface area contributed by atoms with Crippen LogP contribution in [0.25, 0.3) is 0 Å². The predicted molar refractivity (Wildman–Crippen MR) is 52.4 cm³/mol. The van der Waals surface area contributed by atoms with Crippen LogP contribution in [0.15, 0.2) is 18.7 Å². The van der Waals surface area contributed by atoms with E-state index in [2.05, 4.69) is 26.6 Å². The zero-order valence-corrected chi connectivity index (χ0v) is 9.14. The van der Waals surface area contributed by atoms with Gasteiger partial charge in [0.15, 0.2) is 5.69 Å². The molecule has 10 heteroatoms. The minimum absolute atomic E-state index is 0.0211. The summed E-state index contributed by atoms with van der Waals surface area (Å²) in [5.41, 5.74) is -1.55. The summed E-state index contributed by atoms with van der Waals surface area (Å²) >= 11 is 0. The molecule has 19 heavy (non-hydrogen) atoms. The van der Waals surface area contributed by atoms with Gasteiger partial charge in [0, 0.05) is 12.6 Å². The number of alkyl halides is 6. The number of halogens is 6. The molecule has 0 unspecified atom stereocenters. The largest absolute Gasteiger partial charge is 0.574 e. The summed E-state index contributed by atoms with van der Waals surface area (Å²) in [7, 11) is 0. The molecule has 0 aliphatic rings. The molecule has 0 amide bonds. The van der Waals surface area contributed by atoms with Crippen LogP contribution in [-0.4, -0.2) is 22.9 Å². The van der Waals surface area contributed by atoms with Crippen molar-refractivity contribution in [2.75, 3.05) is 11.9 Å². The summed E-state index contributed by atoms with van der Waals surface area (Å²) in [6, 6.07) is 0.0621. The van der Waals surface area contributed by atoms with Gasteiger partial charge in [-0.2, -0.15) is 18.2 Å². The Kier molecular flexibility index (Phi) is 4.22. The molecule has 0 saturated carbocycles. The highest BCUT2D eigenvalue weighted by atomic mass is 19.4. The average Bonchev–Trinajstić information content (AvgIpc) is 2.22. The number of rotatable bonds is 4. The first-order valence-corrected chi connectivity index (χ1v) is 4.68. The molecule has 0 spiro atoms. The van der Waals surface area contributed by atoms with E-state index >= 15 is 0 Å². The van der Waals surface area contributed by atoms with Gasteiger partial charge in [0.2, 0.25) is 11.8 Å². The summed E-state index contributed by atoms with van der Waals surface area (Å²) in [5.74, 6) is -1.89. The van der Waals surface area contributed by atoms with Gasteiger partial charge in [-0.25, -0.2) is 4.98 Å². The Hall–Kier alpha value is -2.00. The van der Waals surface area contributed by atoms with Crippen LogP contribution < -0.4 is 10.1 Å². The molecule has 0 radical (unpaired) electrons. The van der Waals surface area contributed by atoms with Crippen molar-refractivity contribution in [3.63, 3.8) is 0 Å². The lowest BCUT2D eigenvalue weighted by Crippen LogP contribution is -2.20. The molecule has 0 saturated heterocycles. The molecule has 0 atom stereocenters. The third-order valence-electron chi connectivity index (χ3n) is 1.62. The second-order valence-electron chi connectivity index (χ2n) is 3.13. The maximum absolute atomic E-state index is 12.4. The molecule has 0 aromatic carbocycles. The van der Waals surface area contributed by atoms with Crippen molar-refractivity contribution >= 4 is 5.95 Å². The van der Waals surface area contributed by atoms with E-state index in [4.69, 9.17) is 0 Å². The summed E-state index contributed by atoms with van der Waals surface area (Å²) < 4.78 is 76.5. The van der Waals surface area contributed by atoms with Gasteiger partial charge in [-0.1, -0.05) is 6.08 Å². The van der Waals surface area contributed by atoms with E-state index in [9.17, 15) is 26.3 Å². The van der Waals surface area contributed by atoms with Crippen LogP contribution in [0, 0.1) is 0 Å². The Bertz CT molecular complexity index is 456. The topological polar surface area (TPSA) is 47.0 Å². The Morgan fingerprint density at radius 2 is 1.84 bits per heavy atom. The van der Waals surface area contributed by atoms with E-state index in [1.54, 1.807) is 0 Å². The molecule has 4 nitrogen and oxygen atoms in total. The van der Waals surface area contributed by atoms with E-state index in [1.807, 2.05) is 0 Å². The molecule has 1 rings (SSSR count). The normalized spacial score (nSPS) is 12.1. The highest BCUT2D eigenvalue weighted by molar-refractivity contribution is 5.32. The van der Waals surface area contributed by atoms with E-state index in [0.29, 0.717) is 0 Å². The molecule has 0 aliphatic carbocycles. The summed E-state index contributed by atoms with van der Waals surface area (Å²) in [4.78, 5) is 6.19. The van der Waals surface area contributed by atoms with Crippen molar-refractivity contribution in [1.82, 2.24) is 9.97 Å². The lowest BCUT2D eigenvalue weighted by Gasteiger charge is -2.12. The minimum atomic E-state index is -5.15. The van der Waals surface area contributed by atoms with Crippen LogP contribution in [0.4, 0.5) is 32.3 Å². The van der Waals surface area contributed by atoms with E-state index in [1.165, 1.54) is 6.08 Å². The monoisotopic (exact) mass is 287 g/mol. The van der Waals surface area contributed by atoms with Gasteiger partial charge in [0.25, 0.3) is 0 Å². The van der Waals surface area contributed by atoms with Gasteiger partial charge in [-0.05, 0) is 0 Å². The SMILES string of the molecule is C=CCNc1nc(OC(F)(F)F)cc(C(F)(F)F)n1. The molecule has 1 heterocycles. The minimum Gasteiger partial charge on any atom is -0.388 e. The van der Waals surface area contributed by atoms with E-state index < -0.39 is 30.1 Å². The predicted octanol–water partition coefficient (Wildman–Crippen LogP) is 2.99. The van der Waals surface area contributed by atoms with E-state index in [-0.39, 0.29) is 12.6 Å². The van der Waals surface area contributed by atoms with Crippen LogP contribution in [0.5, 0.6) is 5.88 Å². The maximum Gasteiger partial charge on any atom is 0.574 e. The van der Waals surface area contributed by atoms with Crippen molar-refractivity contribution in [3.05, 3.63) is 24.4 Å². The highest BCUT2D eigenvalue weighted by Gasteiger charge is 2.37. The van der Waals surface area contributed by atoms with Gasteiger partial charge < -0.3 is 10.1 Å². The van der Waals surface area contributed by atoms with Gasteiger partial charge in [0.1, 0.15) is 0 Å². The van der Waals surface area contributed by atoms with Gasteiger partial charge >= 0.3 is 12.5 Å². The van der Waals surface area contributed by atoms with Crippen LogP contribution in [-0.2, 0) is 6.18 Å². The highest BCUT2D eigenvalue weighted by Crippen LogP contribution is 2.31. The van der Waals surface area contributed by atoms with Crippen molar-refractivity contribution < 1.29 is 31.1 Å². The van der Waals surface area contributed by atoms with Crippen molar-refractivity contribution in [3.8, 4) is 5.88 Å². The Labute approximate surface area is 103 Å². The first kappa shape index (κ1) is 15.1. The van der Waals surface area contributed by atoms with Crippen LogP contribution >= 0.6 is 0 Å². The fraction of sp³-hybridized carbons (Fsp3) is 0.333. The van der Waals surface area contributed by atoms with Gasteiger partial charge in [-0.15, -0.1) is 19.8 Å². The Balaban J connectivity index is 3.12. The van der Waals surface area contributed by atoms with Crippen LogP contribution in [0.3, 0.4) is 0 Å². The van der Waals surface area contributed by atoms with Crippen LogP contribution in [0.2, 0.25) is 0 Å². The first-order valence-electron chi connectivity index (χ1n) is 4.68. The maximum atomic E-state index is 12.4. The molecule has 1 N–H and O–H groups in total. The second kappa shape index (κ2) is 5.33. The second-order valence-corrected chi connectivity index (χ2v) is 3.13. The third kappa shape index (κ3) is 5.02. The smallest absolute Gasteiger partial charge is 0.388 e. The zero-order chi connectivity index (χ0) is 14.7.